The summed E-state index contributed by atoms with van der Waals surface area (Å²) in [5.74, 6) is -0.564. The normalized spacial score (nSPS) is 25.3. The number of nitrogens with one attached hydrogen (secondary N) is 1. The van der Waals surface area contributed by atoms with E-state index in [1.54, 1.807) is 0 Å². The van der Waals surface area contributed by atoms with E-state index in [1.165, 1.54) is 24.6 Å². The summed E-state index contributed by atoms with van der Waals surface area (Å²) in [7, 11) is 0. The van der Waals surface area contributed by atoms with Gasteiger partial charge in [-0.1, -0.05) is 18.9 Å². The standard InChI is InChI=1S/C15H22F2N2/c1-10(15-12(16)6-4-7-13(15)17)19-14-8-3-2-5-11(14)9-18/h4,6-7,10-11,14,19H,2-3,5,8-9,18H2,1H3. The van der Waals surface area contributed by atoms with Crippen LogP contribution >= 0.6 is 0 Å². The molecule has 0 heterocycles. The SMILES string of the molecule is CC(NC1CCCCC1CN)c1c(F)cccc1F. The highest BCUT2D eigenvalue weighted by molar-refractivity contribution is 5.23. The van der Waals surface area contributed by atoms with E-state index in [-0.39, 0.29) is 17.6 Å². The molecule has 106 valence electrons. The smallest absolute Gasteiger partial charge is 0.130 e. The second-order valence-corrected chi connectivity index (χ2v) is 5.41. The summed E-state index contributed by atoms with van der Waals surface area (Å²) in [5, 5.41) is 3.36. The van der Waals surface area contributed by atoms with Crippen LogP contribution in [0, 0.1) is 17.6 Å². The number of rotatable bonds is 4. The molecule has 0 amide bonds. The fourth-order valence-corrected chi connectivity index (χ4v) is 3.04. The van der Waals surface area contributed by atoms with Gasteiger partial charge >= 0.3 is 0 Å². The van der Waals surface area contributed by atoms with Gasteiger partial charge in [0.2, 0.25) is 0 Å². The molecule has 0 radical (unpaired) electrons. The molecule has 3 atom stereocenters. The number of hydrogen-bond donors (Lipinski definition) is 2. The predicted octanol–water partition coefficient (Wildman–Crippen LogP) is 3.13. The lowest BCUT2D eigenvalue weighted by Gasteiger charge is -2.34. The van der Waals surface area contributed by atoms with Crippen molar-refractivity contribution in [2.45, 2.75) is 44.7 Å². The highest BCUT2D eigenvalue weighted by Gasteiger charge is 2.26. The van der Waals surface area contributed by atoms with Gasteiger partial charge < -0.3 is 11.1 Å². The van der Waals surface area contributed by atoms with Gasteiger partial charge in [0, 0.05) is 17.6 Å². The van der Waals surface area contributed by atoms with Crippen molar-refractivity contribution in [1.82, 2.24) is 5.32 Å². The molecule has 2 nitrogen and oxygen atoms in total. The van der Waals surface area contributed by atoms with Crippen LogP contribution in [0.15, 0.2) is 18.2 Å². The molecular weight excluding hydrogens is 246 g/mol. The first-order chi connectivity index (χ1) is 9.13. The van der Waals surface area contributed by atoms with E-state index in [1.807, 2.05) is 6.92 Å². The zero-order chi connectivity index (χ0) is 13.8. The topological polar surface area (TPSA) is 38.0 Å². The minimum Gasteiger partial charge on any atom is -0.330 e. The van der Waals surface area contributed by atoms with Crippen molar-refractivity contribution in [1.29, 1.82) is 0 Å². The summed E-state index contributed by atoms with van der Waals surface area (Å²) in [6.45, 7) is 2.44. The molecule has 4 heteroatoms. The highest BCUT2D eigenvalue weighted by atomic mass is 19.1. The molecule has 0 bridgehead atoms. The average molecular weight is 268 g/mol. The molecule has 3 unspecified atom stereocenters. The summed E-state index contributed by atoms with van der Waals surface area (Å²) in [6, 6.07) is 3.92. The van der Waals surface area contributed by atoms with E-state index >= 15 is 0 Å². The molecule has 1 saturated carbocycles. The Hall–Kier alpha value is -1.00. The third kappa shape index (κ3) is 3.31. The monoisotopic (exact) mass is 268 g/mol. The molecule has 1 aromatic carbocycles. The Kier molecular flexibility index (Phi) is 4.88. The van der Waals surface area contributed by atoms with Crippen molar-refractivity contribution in [3.8, 4) is 0 Å². The van der Waals surface area contributed by atoms with Crippen LogP contribution in [-0.2, 0) is 0 Å². The van der Waals surface area contributed by atoms with E-state index in [0.29, 0.717) is 12.5 Å². The summed E-state index contributed by atoms with van der Waals surface area (Å²) in [4.78, 5) is 0. The van der Waals surface area contributed by atoms with Crippen LogP contribution < -0.4 is 11.1 Å². The first kappa shape index (κ1) is 14.4. The Labute approximate surface area is 113 Å². The second-order valence-electron chi connectivity index (χ2n) is 5.41. The molecule has 1 fully saturated rings. The summed E-state index contributed by atoms with van der Waals surface area (Å²) in [6.07, 6.45) is 4.48. The van der Waals surface area contributed by atoms with E-state index in [9.17, 15) is 8.78 Å². The molecule has 1 aliphatic carbocycles. The third-order valence-corrected chi connectivity index (χ3v) is 4.11. The maximum atomic E-state index is 13.7. The lowest BCUT2D eigenvalue weighted by molar-refractivity contribution is 0.249. The first-order valence-corrected chi connectivity index (χ1v) is 7.03. The number of nitrogens with two attached hydrogens (primary N) is 1. The maximum Gasteiger partial charge on any atom is 0.130 e. The van der Waals surface area contributed by atoms with Crippen molar-refractivity contribution in [3.05, 3.63) is 35.4 Å². The van der Waals surface area contributed by atoms with E-state index < -0.39 is 11.6 Å². The summed E-state index contributed by atoms with van der Waals surface area (Å²) in [5.41, 5.74) is 5.91. The molecule has 0 aromatic heterocycles. The van der Waals surface area contributed by atoms with Crippen LogP contribution in [0.3, 0.4) is 0 Å². The Morgan fingerprint density at radius 2 is 1.89 bits per heavy atom. The summed E-state index contributed by atoms with van der Waals surface area (Å²) < 4.78 is 27.5. The van der Waals surface area contributed by atoms with Gasteiger partial charge in [0.15, 0.2) is 0 Å². The van der Waals surface area contributed by atoms with Gasteiger partial charge in [-0.2, -0.15) is 0 Å². The van der Waals surface area contributed by atoms with Crippen molar-refractivity contribution in [2.24, 2.45) is 11.7 Å². The van der Waals surface area contributed by atoms with Gasteiger partial charge in [-0.3, -0.25) is 0 Å². The number of hydrogen-bond acceptors (Lipinski definition) is 2. The van der Waals surface area contributed by atoms with Crippen molar-refractivity contribution >= 4 is 0 Å². The predicted molar refractivity (Wildman–Crippen MR) is 72.7 cm³/mol. The lowest BCUT2D eigenvalue weighted by atomic mass is 9.84. The van der Waals surface area contributed by atoms with Crippen LogP contribution in [0.5, 0.6) is 0 Å². The van der Waals surface area contributed by atoms with Crippen molar-refractivity contribution in [3.63, 3.8) is 0 Å². The van der Waals surface area contributed by atoms with Gasteiger partial charge in [-0.25, -0.2) is 8.78 Å². The Morgan fingerprint density at radius 3 is 2.53 bits per heavy atom. The minimum absolute atomic E-state index is 0.129. The van der Waals surface area contributed by atoms with Gasteiger partial charge in [0.1, 0.15) is 11.6 Å². The van der Waals surface area contributed by atoms with Crippen molar-refractivity contribution in [2.75, 3.05) is 6.54 Å². The third-order valence-electron chi connectivity index (χ3n) is 4.11. The fourth-order valence-electron chi connectivity index (χ4n) is 3.04. The fraction of sp³-hybridized carbons (Fsp3) is 0.600. The number of benzene rings is 1. The van der Waals surface area contributed by atoms with Crippen LogP contribution in [0.4, 0.5) is 8.78 Å². The van der Waals surface area contributed by atoms with Crippen LogP contribution in [0.25, 0.3) is 0 Å². The van der Waals surface area contributed by atoms with Gasteiger partial charge in [0.25, 0.3) is 0 Å². The zero-order valence-electron chi connectivity index (χ0n) is 11.3. The Bertz CT molecular complexity index is 402. The van der Waals surface area contributed by atoms with E-state index in [0.717, 1.165) is 19.3 Å². The molecule has 0 spiro atoms. The Morgan fingerprint density at radius 1 is 1.26 bits per heavy atom. The molecule has 0 saturated heterocycles. The molecule has 0 aliphatic heterocycles. The molecule has 1 aliphatic rings. The van der Waals surface area contributed by atoms with E-state index in [2.05, 4.69) is 5.32 Å². The summed E-state index contributed by atoms with van der Waals surface area (Å²) >= 11 is 0. The number of halogens is 2. The lowest BCUT2D eigenvalue weighted by Crippen LogP contribution is -2.43. The van der Waals surface area contributed by atoms with Crippen LogP contribution in [0.1, 0.15) is 44.2 Å². The van der Waals surface area contributed by atoms with Crippen molar-refractivity contribution < 1.29 is 8.78 Å². The average Bonchev–Trinajstić information content (AvgIpc) is 2.39. The zero-order valence-corrected chi connectivity index (χ0v) is 11.3. The first-order valence-electron chi connectivity index (χ1n) is 7.03. The molecule has 1 aromatic rings. The van der Waals surface area contributed by atoms with Crippen LogP contribution in [-0.4, -0.2) is 12.6 Å². The minimum atomic E-state index is -0.486. The highest BCUT2D eigenvalue weighted by Crippen LogP contribution is 2.27. The second kappa shape index (κ2) is 6.44. The quantitative estimate of drug-likeness (QED) is 0.880. The Balaban J connectivity index is 2.09. The van der Waals surface area contributed by atoms with Gasteiger partial charge in [-0.05, 0) is 44.4 Å². The van der Waals surface area contributed by atoms with E-state index in [4.69, 9.17) is 5.73 Å². The van der Waals surface area contributed by atoms with Gasteiger partial charge in [0.05, 0.1) is 0 Å². The molecule has 3 N–H and O–H groups in total. The largest absolute Gasteiger partial charge is 0.330 e. The maximum absolute atomic E-state index is 13.7. The van der Waals surface area contributed by atoms with Crippen LogP contribution in [0.2, 0.25) is 0 Å². The molecule has 2 rings (SSSR count). The van der Waals surface area contributed by atoms with Gasteiger partial charge in [-0.15, -0.1) is 0 Å². The molecular formula is C15H22F2N2. The molecule has 19 heavy (non-hydrogen) atoms.